The van der Waals surface area contributed by atoms with E-state index in [0.717, 1.165) is 16.8 Å². The van der Waals surface area contributed by atoms with E-state index in [1.807, 2.05) is 18.4 Å². The molecule has 0 aromatic carbocycles. The van der Waals surface area contributed by atoms with Gasteiger partial charge in [-0.25, -0.2) is 4.98 Å². The van der Waals surface area contributed by atoms with Crippen molar-refractivity contribution >= 4 is 27.5 Å². The van der Waals surface area contributed by atoms with Gasteiger partial charge in [0.25, 0.3) is 0 Å². The molecule has 1 N–H and O–H groups in total. The van der Waals surface area contributed by atoms with Gasteiger partial charge in [-0.3, -0.25) is 0 Å². The highest BCUT2D eigenvalue weighted by Crippen LogP contribution is 2.29. The lowest BCUT2D eigenvalue weighted by Crippen LogP contribution is -2.19. The molecule has 0 aliphatic carbocycles. The van der Waals surface area contributed by atoms with Gasteiger partial charge in [0, 0.05) is 6.54 Å². The van der Waals surface area contributed by atoms with Gasteiger partial charge in [0.2, 0.25) is 11.8 Å². The van der Waals surface area contributed by atoms with Crippen molar-refractivity contribution < 1.29 is 4.74 Å². The Balaban J connectivity index is 2.37. The van der Waals surface area contributed by atoms with Gasteiger partial charge < -0.3 is 10.1 Å². The first kappa shape index (κ1) is 13.1. The van der Waals surface area contributed by atoms with E-state index in [-0.39, 0.29) is 6.10 Å². The number of fused-ring (bicyclic) bond motifs is 1. The summed E-state index contributed by atoms with van der Waals surface area (Å²) in [6.45, 7) is 9.18. The number of anilines is 1. The molecule has 0 bridgehead atoms. The fourth-order valence-electron chi connectivity index (χ4n) is 1.47. The van der Waals surface area contributed by atoms with Crippen molar-refractivity contribution in [1.29, 1.82) is 0 Å². The van der Waals surface area contributed by atoms with E-state index in [1.165, 1.54) is 0 Å². The topological polar surface area (TPSA) is 47.0 Å². The number of nitrogens with one attached hydrogen (secondary N) is 1. The molecule has 0 spiro atoms. The molecule has 1 atom stereocenters. The van der Waals surface area contributed by atoms with Crippen LogP contribution >= 0.6 is 11.3 Å². The molecule has 2 aromatic heterocycles. The maximum absolute atomic E-state index is 5.95. The molecule has 2 aromatic rings. The summed E-state index contributed by atoms with van der Waals surface area (Å²) in [7, 11) is 0. The van der Waals surface area contributed by atoms with Crippen LogP contribution in [-0.2, 0) is 0 Å². The number of rotatable bonds is 5. The molecule has 0 amide bonds. The molecular weight excluding hydrogens is 246 g/mol. The second-order valence-corrected chi connectivity index (χ2v) is 5.48. The van der Waals surface area contributed by atoms with Crippen LogP contribution in [0.25, 0.3) is 10.2 Å². The molecule has 2 heterocycles. The number of thiophene rings is 1. The molecule has 0 saturated heterocycles. The van der Waals surface area contributed by atoms with Crippen LogP contribution in [-0.4, -0.2) is 22.6 Å². The Hall–Kier alpha value is -1.36. The summed E-state index contributed by atoms with van der Waals surface area (Å²) < 4.78 is 5.95. The van der Waals surface area contributed by atoms with E-state index < -0.39 is 0 Å². The Morgan fingerprint density at radius 2 is 2.11 bits per heavy atom. The second kappa shape index (κ2) is 5.52. The average Bonchev–Trinajstić information content (AvgIpc) is 2.77. The number of aromatic nitrogens is 2. The Labute approximate surface area is 111 Å². The molecule has 0 saturated carbocycles. The van der Waals surface area contributed by atoms with E-state index in [4.69, 9.17) is 4.74 Å². The molecule has 1 unspecified atom stereocenters. The average molecular weight is 265 g/mol. The third-order valence-electron chi connectivity index (χ3n) is 2.86. The molecule has 4 nitrogen and oxygen atoms in total. The summed E-state index contributed by atoms with van der Waals surface area (Å²) >= 11 is 1.61. The van der Waals surface area contributed by atoms with Gasteiger partial charge in [0.05, 0.1) is 11.5 Å². The van der Waals surface area contributed by atoms with E-state index in [1.54, 1.807) is 11.3 Å². The minimum absolute atomic E-state index is 0.137. The summed E-state index contributed by atoms with van der Waals surface area (Å²) in [6.07, 6.45) is 0.137. The van der Waals surface area contributed by atoms with E-state index in [0.29, 0.717) is 17.7 Å². The van der Waals surface area contributed by atoms with Gasteiger partial charge in [-0.2, -0.15) is 4.98 Å². The molecule has 0 fully saturated rings. The standard InChI is InChI=1S/C13H19N3OS/c1-5-14-13-15-11(17-9(4)8(2)3)10-6-7-18-12(10)16-13/h6-9H,5H2,1-4H3,(H,14,15,16). The Kier molecular flexibility index (Phi) is 4.01. The van der Waals surface area contributed by atoms with Gasteiger partial charge in [-0.15, -0.1) is 11.3 Å². The van der Waals surface area contributed by atoms with Crippen LogP contribution in [0.1, 0.15) is 27.7 Å². The molecule has 0 radical (unpaired) electrons. The summed E-state index contributed by atoms with van der Waals surface area (Å²) in [5.41, 5.74) is 0. The van der Waals surface area contributed by atoms with Crippen LogP contribution in [0.3, 0.4) is 0 Å². The van der Waals surface area contributed by atoms with Crippen molar-refractivity contribution in [2.75, 3.05) is 11.9 Å². The highest BCUT2D eigenvalue weighted by atomic mass is 32.1. The minimum atomic E-state index is 0.137. The molecular formula is C13H19N3OS. The minimum Gasteiger partial charge on any atom is -0.474 e. The van der Waals surface area contributed by atoms with Crippen LogP contribution in [0.2, 0.25) is 0 Å². The number of ether oxygens (including phenoxy) is 1. The van der Waals surface area contributed by atoms with Crippen molar-refractivity contribution in [3.8, 4) is 5.88 Å². The first-order valence-corrected chi connectivity index (χ1v) is 7.15. The lowest BCUT2D eigenvalue weighted by Gasteiger charge is -2.18. The lowest BCUT2D eigenvalue weighted by molar-refractivity contribution is 0.166. The predicted molar refractivity (Wildman–Crippen MR) is 76.5 cm³/mol. The number of hydrogen-bond acceptors (Lipinski definition) is 5. The van der Waals surface area contributed by atoms with Gasteiger partial charge in [0.1, 0.15) is 4.83 Å². The zero-order chi connectivity index (χ0) is 13.1. The van der Waals surface area contributed by atoms with Crippen molar-refractivity contribution in [1.82, 2.24) is 9.97 Å². The van der Waals surface area contributed by atoms with Crippen molar-refractivity contribution in [2.24, 2.45) is 5.92 Å². The first-order chi connectivity index (χ1) is 8.61. The van der Waals surface area contributed by atoms with Crippen molar-refractivity contribution in [2.45, 2.75) is 33.8 Å². The Morgan fingerprint density at radius 1 is 1.33 bits per heavy atom. The largest absolute Gasteiger partial charge is 0.474 e. The summed E-state index contributed by atoms with van der Waals surface area (Å²) in [6, 6.07) is 2.01. The number of nitrogens with zero attached hydrogens (tertiary/aromatic N) is 2. The van der Waals surface area contributed by atoms with E-state index >= 15 is 0 Å². The lowest BCUT2D eigenvalue weighted by atomic mass is 10.1. The Morgan fingerprint density at radius 3 is 2.78 bits per heavy atom. The summed E-state index contributed by atoms with van der Waals surface area (Å²) in [5.74, 6) is 1.77. The Bertz CT molecular complexity index is 524. The van der Waals surface area contributed by atoms with Gasteiger partial charge in [-0.1, -0.05) is 13.8 Å². The predicted octanol–water partition coefficient (Wildman–Crippen LogP) is 3.55. The van der Waals surface area contributed by atoms with Crippen LogP contribution < -0.4 is 10.1 Å². The van der Waals surface area contributed by atoms with Crippen LogP contribution in [0.15, 0.2) is 11.4 Å². The second-order valence-electron chi connectivity index (χ2n) is 4.59. The maximum atomic E-state index is 5.95. The highest BCUT2D eigenvalue weighted by molar-refractivity contribution is 7.16. The van der Waals surface area contributed by atoms with Gasteiger partial charge in [0.15, 0.2) is 0 Å². The highest BCUT2D eigenvalue weighted by Gasteiger charge is 2.14. The molecule has 5 heteroatoms. The molecule has 98 valence electrons. The quantitative estimate of drug-likeness (QED) is 0.898. The van der Waals surface area contributed by atoms with Gasteiger partial charge in [-0.05, 0) is 31.2 Å². The zero-order valence-corrected chi connectivity index (χ0v) is 12.0. The number of hydrogen-bond donors (Lipinski definition) is 1. The summed E-state index contributed by atoms with van der Waals surface area (Å²) in [5, 5.41) is 6.15. The monoisotopic (exact) mass is 265 g/mol. The smallest absolute Gasteiger partial charge is 0.227 e. The molecule has 0 aliphatic heterocycles. The fourth-order valence-corrected chi connectivity index (χ4v) is 2.22. The third kappa shape index (κ3) is 2.72. The molecule has 0 aliphatic rings. The fraction of sp³-hybridized carbons (Fsp3) is 0.538. The van der Waals surface area contributed by atoms with E-state index in [2.05, 4.69) is 36.1 Å². The van der Waals surface area contributed by atoms with Crippen molar-refractivity contribution in [3.63, 3.8) is 0 Å². The maximum Gasteiger partial charge on any atom is 0.227 e. The molecule has 18 heavy (non-hydrogen) atoms. The first-order valence-electron chi connectivity index (χ1n) is 6.27. The summed E-state index contributed by atoms with van der Waals surface area (Å²) in [4.78, 5) is 9.87. The third-order valence-corrected chi connectivity index (χ3v) is 3.67. The van der Waals surface area contributed by atoms with Crippen molar-refractivity contribution in [3.05, 3.63) is 11.4 Å². The zero-order valence-electron chi connectivity index (χ0n) is 11.2. The van der Waals surface area contributed by atoms with Crippen LogP contribution in [0.4, 0.5) is 5.95 Å². The van der Waals surface area contributed by atoms with Gasteiger partial charge >= 0.3 is 0 Å². The normalized spacial score (nSPS) is 12.9. The molecule has 2 rings (SSSR count). The van der Waals surface area contributed by atoms with Crippen LogP contribution in [0, 0.1) is 5.92 Å². The van der Waals surface area contributed by atoms with Crippen LogP contribution in [0.5, 0.6) is 5.88 Å². The van der Waals surface area contributed by atoms with E-state index in [9.17, 15) is 0 Å². The SMILES string of the molecule is CCNc1nc(OC(C)C(C)C)c2ccsc2n1.